The first-order valence-electron chi connectivity index (χ1n) is 4.98. The summed E-state index contributed by atoms with van der Waals surface area (Å²) >= 11 is 0. The maximum absolute atomic E-state index is 12.4. The number of Topliss-reactive ketones (excluding diaryl/α,β-unsaturated/α-hetero) is 1. The maximum atomic E-state index is 12.4. The number of ketones is 1. The first-order valence-corrected chi connectivity index (χ1v) is 4.98. The quantitative estimate of drug-likeness (QED) is 0.513. The minimum Gasteiger partial charge on any atom is -0.399 e. The lowest BCUT2D eigenvalue weighted by Crippen LogP contribution is -2.42. The number of aryl methyl sites for hydroxylation is 1. The van der Waals surface area contributed by atoms with Gasteiger partial charge in [0.2, 0.25) is 5.92 Å². The van der Waals surface area contributed by atoms with Gasteiger partial charge >= 0.3 is 12.4 Å². The summed E-state index contributed by atoms with van der Waals surface area (Å²) in [5.74, 6) is -6.06. The Morgan fingerprint density at radius 3 is 1.95 bits per heavy atom. The van der Waals surface area contributed by atoms with Gasteiger partial charge in [-0.05, 0) is 30.7 Å². The van der Waals surface area contributed by atoms with Crippen LogP contribution in [0.2, 0.25) is 0 Å². The van der Waals surface area contributed by atoms with E-state index in [0.29, 0.717) is 0 Å². The first kappa shape index (κ1) is 15.3. The molecule has 106 valence electrons. The first-order chi connectivity index (χ1) is 8.44. The molecule has 1 aromatic rings. The number of nitrogens with two attached hydrogens (primary N) is 1. The topological polar surface area (TPSA) is 43.1 Å². The highest BCUT2D eigenvalue weighted by molar-refractivity contribution is 6.00. The Bertz CT molecular complexity index is 477. The summed E-state index contributed by atoms with van der Waals surface area (Å²) < 4.78 is 74.4. The van der Waals surface area contributed by atoms with Crippen molar-refractivity contribution in [3.63, 3.8) is 0 Å². The molecule has 2 nitrogen and oxygen atoms in total. The van der Waals surface area contributed by atoms with Crippen LogP contribution in [0.15, 0.2) is 18.2 Å². The number of halogens is 6. The van der Waals surface area contributed by atoms with Crippen LogP contribution in [-0.2, 0) is 0 Å². The molecule has 1 rings (SSSR count). The van der Waals surface area contributed by atoms with Crippen molar-refractivity contribution in [2.75, 3.05) is 5.73 Å². The van der Waals surface area contributed by atoms with Crippen LogP contribution in [0.25, 0.3) is 0 Å². The maximum Gasteiger partial charge on any atom is 0.407 e. The van der Waals surface area contributed by atoms with Crippen LogP contribution in [0.3, 0.4) is 0 Å². The van der Waals surface area contributed by atoms with Crippen LogP contribution in [0.5, 0.6) is 0 Å². The van der Waals surface area contributed by atoms with E-state index in [-0.39, 0.29) is 11.3 Å². The third-order valence-corrected chi connectivity index (χ3v) is 2.43. The van der Waals surface area contributed by atoms with Gasteiger partial charge in [-0.15, -0.1) is 0 Å². The average Bonchev–Trinajstić information content (AvgIpc) is 2.11. The molecule has 0 heterocycles. The molecule has 8 heteroatoms. The number of hydrogen-bond donors (Lipinski definition) is 1. The van der Waals surface area contributed by atoms with Gasteiger partial charge in [0.1, 0.15) is 0 Å². The smallest absolute Gasteiger partial charge is 0.399 e. The number of carbonyl (C=O) groups excluding carboxylic acids is 1. The Hall–Kier alpha value is -1.73. The van der Waals surface area contributed by atoms with Crippen molar-refractivity contribution in [3.8, 4) is 0 Å². The van der Waals surface area contributed by atoms with Crippen molar-refractivity contribution in [1.82, 2.24) is 0 Å². The van der Waals surface area contributed by atoms with E-state index in [4.69, 9.17) is 5.73 Å². The number of hydrogen-bond acceptors (Lipinski definition) is 2. The standard InChI is InChI=1S/C11H9F6NO/c1-5-4-6(18)2-3-7(5)8(19)9(10(12,13)14)11(15,16)17/h2-4,9H,18H2,1H3. The van der Waals surface area contributed by atoms with Gasteiger partial charge in [0.25, 0.3) is 0 Å². The number of nitrogen functional groups attached to an aromatic ring is 1. The van der Waals surface area contributed by atoms with E-state index in [0.717, 1.165) is 18.2 Å². The van der Waals surface area contributed by atoms with Gasteiger partial charge in [-0.1, -0.05) is 0 Å². The van der Waals surface area contributed by atoms with Crippen LogP contribution in [0, 0.1) is 12.8 Å². The Morgan fingerprint density at radius 1 is 1.11 bits per heavy atom. The molecular formula is C11H9F6NO. The van der Waals surface area contributed by atoms with Gasteiger partial charge in [0.05, 0.1) is 0 Å². The molecule has 0 saturated carbocycles. The molecule has 0 atom stereocenters. The number of rotatable bonds is 2. The van der Waals surface area contributed by atoms with E-state index in [9.17, 15) is 31.1 Å². The lowest BCUT2D eigenvalue weighted by atomic mass is 9.93. The summed E-state index contributed by atoms with van der Waals surface area (Å²) in [6.07, 6.45) is -11.4. The highest BCUT2D eigenvalue weighted by Crippen LogP contribution is 2.41. The normalized spacial score (nSPS) is 12.8. The van der Waals surface area contributed by atoms with Crippen LogP contribution in [0.4, 0.5) is 32.0 Å². The second-order valence-corrected chi connectivity index (χ2v) is 3.95. The zero-order chi connectivity index (χ0) is 15.0. The van der Waals surface area contributed by atoms with E-state index in [2.05, 4.69) is 0 Å². The average molecular weight is 285 g/mol. The van der Waals surface area contributed by atoms with Crippen molar-refractivity contribution in [3.05, 3.63) is 29.3 Å². The van der Waals surface area contributed by atoms with Crippen molar-refractivity contribution in [2.45, 2.75) is 19.3 Å². The molecule has 0 amide bonds. The summed E-state index contributed by atoms with van der Waals surface area (Å²) in [4.78, 5) is 11.5. The molecule has 0 aromatic heterocycles. The summed E-state index contributed by atoms with van der Waals surface area (Å²) in [5, 5.41) is 0. The number of alkyl halides is 6. The molecule has 0 radical (unpaired) electrons. The fourth-order valence-electron chi connectivity index (χ4n) is 1.60. The molecule has 0 bridgehead atoms. The Balaban J connectivity index is 3.29. The molecule has 0 unspecified atom stereocenters. The van der Waals surface area contributed by atoms with Gasteiger partial charge in [0, 0.05) is 11.3 Å². The SMILES string of the molecule is Cc1cc(N)ccc1C(=O)C(C(F)(F)F)C(F)(F)F. The fourth-order valence-corrected chi connectivity index (χ4v) is 1.60. The van der Waals surface area contributed by atoms with E-state index < -0.39 is 29.6 Å². The number of anilines is 1. The Labute approximate surface area is 104 Å². The third kappa shape index (κ3) is 3.39. The Morgan fingerprint density at radius 2 is 1.58 bits per heavy atom. The zero-order valence-electron chi connectivity index (χ0n) is 9.56. The third-order valence-electron chi connectivity index (χ3n) is 2.43. The van der Waals surface area contributed by atoms with E-state index >= 15 is 0 Å². The number of carbonyl (C=O) groups is 1. The molecular weight excluding hydrogens is 276 g/mol. The number of benzene rings is 1. The molecule has 0 aliphatic heterocycles. The lowest BCUT2D eigenvalue weighted by Gasteiger charge is -2.22. The fraction of sp³-hybridized carbons (Fsp3) is 0.364. The second kappa shape index (κ2) is 4.75. The van der Waals surface area contributed by atoms with Gasteiger partial charge < -0.3 is 5.73 Å². The van der Waals surface area contributed by atoms with E-state index in [1.165, 1.54) is 6.92 Å². The molecule has 0 aliphatic rings. The minimum absolute atomic E-state index is 0.0384. The molecule has 2 N–H and O–H groups in total. The summed E-state index contributed by atoms with van der Waals surface area (Å²) in [5.41, 5.74) is 4.78. The Kier molecular flexibility index (Phi) is 3.83. The van der Waals surface area contributed by atoms with Crippen molar-refractivity contribution < 1.29 is 31.1 Å². The predicted molar refractivity (Wildman–Crippen MR) is 55.5 cm³/mol. The summed E-state index contributed by atoms with van der Waals surface area (Å²) in [7, 11) is 0. The van der Waals surface area contributed by atoms with Crippen molar-refractivity contribution in [1.29, 1.82) is 0 Å². The van der Waals surface area contributed by atoms with E-state index in [1.54, 1.807) is 0 Å². The van der Waals surface area contributed by atoms with Gasteiger partial charge in [0.15, 0.2) is 5.78 Å². The largest absolute Gasteiger partial charge is 0.407 e. The van der Waals surface area contributed by atoms with Crippen molar-refractivity contribution in [2.24, 2.45) is 5.92 Å². The summed E-state index contributed by atoms with van der Waals surface area (Å²) in [6, 6.07) is 3.07. The highest BCUT2D eigenvalue weighted by Gasteiger charge is 2.61. The molecule has 19 heavy (non-hydrogen) atoms. The van der Waals surface area contributed by atoms with Gasteiger partial charge in [-0.25, -0.2) is 0 Å². The van der Waals surface area contributed by atoms with Crippen LogP contribution in [0.1, 0.15) is 15.9 Å². The zero-order valence-corrected chi connectivity index (χ0v) is 9.56. The van der Waals surface area contributed by atoms with Crippen LogP contribution in [-0.4, -0.2) is 18.1 Å². The monoisotopic (exact) mass is 285 g/mol. The molecule has 0 spiro atoms. The molecule has 0 fully saturated rings. The highest BCUT2D eigenvalue weighted by atomic mass is 19.4. The van der Waals surface area contributed by atoms with Crippen LogP contribution < -0.4 is 5.73 Å². The van der Waals surface area contributed by atoms with Gasteiger partial charge in [-0.3, -0.25) is 4.79 Å². The van der Waals surface area contributed by atoms with Crippen molar-refractivity contribution >= 4 is 11.5 Å². The van der Waals surface area contributed by atoms with Crippen LogP contribution >= 0.6 is 0 Å². The molecule has 1 aromatic carbocycles. The van der Waals surface area contributed by atoms with Gasteiger partial charge in [-0.2, -0.15) is 26.3 Å². The molecule has 0 saturated heterocycles. The lowest BCUT2D eigenvalue weighted by molar-refractivity contribution is -0.264. The second-order valence-electron chi connectivity index (χ2n) is 3.95. The summed E-state index contributed by atoms with van der Waals surface area (Å²) in [6.45, 7) is 1.22. The minimum atomic E-state index is -5.69. The predicted octanol–water partition coefficient (Wildman–Crippen LogP) is 3.50. The molecule has 0 aliphatic carbocycles. The van der Waals surface area contributed by atoms with E-state index in [1.807, 2.05) is 0 Å².